The maximum Gasteiger partial charge on any atom is 0.417 e. The minimum Gasteiger partial charge on any atom is -0.462 e. The normalized spacial score (nSPS) is 14.7. The number of halogens is 4. The first-order chi connectivity index (χ1) is 18.5. The molecule has 0 unspecified atom stereocenters. The van der Waals surface area contributed by atoms with Crippen molar-refractivity contribution in [1.29, 1.82) is 0 Å². The third kappa shape index (κ3) is 6.35. The molecule has 0 bridgehead atoms. The number of thioether (sulfide) groups is 1. The largest absolute Gasteiger partial charge is 0.462 e. The van der Waals surface area contributed by atoms with Crippen LogP contribution in [0.2, 0.25) is 5.02 Å². The highest BCUT2D eigenvalue weighted by Crippen LogP contribution is 2.38. The number of benzene rings is 2. The summed E-state index contributed by atoms with van der Waals surface area (Å²) in [5.74, 6) is -2.21. The lowest BCUT2D eigenvalue weighted by atomic mass is 10.1. The summed E-state index contributed by atoms with van der Waals surface area (Å²) in [6, 6.07) is 11.7. The SMILES string of the molecule is CCOC(=O)c1cc(NC(=O)CN2C(=O)S/C(=C/c3ccc(-c4ccccc4C(F)(F)F)o3)C2=O)ccc1Cl. The summed E-state index contributed by atoms with van der Waals surface area (Å²) >= 11 is 6.56. The van der Waals surface area contributed by atoms with Crippen LogP contribution in [-0.4, -0.2) is 41.1 Å². The molecule has 3 aromatic rings. The monoisotopic (exact) mass is 578 g/mol. The molecule has 0 saturated carbocycles. The Bertz CT molecular complexity index is 1500. The van der Waals surface area contributed by atoms with Gasteiger partial charge in [0.05, 0.1) is 27.7 Å². The molecule has 1 saturated heterocycles. The van der Waals surface area contributed by atoms with Gasteiger partial charge < -0.3 is 14.5 Å². The van der Waals surface area contributed by atoms with Crippen molar-refractivity contribution in [3.63, 3.8) is 0 Å². The Kier molecular flexibility index (Phi) is 8.17. The van der Waals surface area contributed by atoms with Gasteiger partial charge in [-0.1, -0.05) is 29.8 Å². The van der Waals surface area contributed by atoms with Crippen LogP contribution in [0.3, 0.4) is 0 Å². The molecule has 2 aromatic carbocycles. The number of hydrogen-bond acceptors (Lipinski definition) is 7. The third-order valence-electron chi connectivity index (χ3n) is 5.32. The molecule has 0 spiro atoms. The van der Waals surface area contributed by atoms with Crippen LogP contribution in [0.5, 0.6) is 0 Å². The average molecular weight is 579 g/mol. The fourth-order valence-corrected chi connectivity index (χ4v) is 4.61. The molecular weight excluding hydrogens is 561 g/mol. The second-order valence-corrected chi connectivity index (χ2v) is 9.38. The number of hydrogen-bond donors (Lipinski definition) is 1. The molecule has 2 heterocycles. The van der Waals surface area contributed by atoms with Gasteiger partial charge in [-0.25, -0.2) is 4.79 Å². The second-order valence-electron chi connectivity index (χ2n) is 7.98. The number of rotatable bonds is 7. The molecule has 0 atom stereocenters. The number of imide groups is 1. The Labute approximate surface area is 228 Å². The Morgan fingerprint density at radius 1 is 1.13 bits per heavy atom. The van der Waals surface area contributed by atoms with Gasteiger partial charge in [-0.15, -0.1) is 0 Å². The van der Waals surface area contributed by atoms with Gasteiger partial charge in [0.1, 0.15) is 18.1 Å². The molecule has 1 N–H and O–H groups in total. The molecule has 1 aliphatic heterocycles. The summed E-state index contributed by atoms with van der Waals surface area (Å²) < 4.78 is 50.5. The maximum atomic E-state index is 13.3. The number of ether oxygens (including phenoxy) is 1. The highest BCUT2D eigenvalue weighted by molar-refractivity contribution is 8.18. The van der Waals surface area contributed by atoms with Crippen LogP contribution in [0.15, 0.2) is 63.9 Å². The predicted molar refractivity (Wildman–Crippen MR) is 138 cm³/mol. The molecule has 0 aliphatic carbocycles. The van der Waals surface area contributed by atoms with Crippen LogP contribution in [0.25, 0.3) is 17.4 Å². The molecule has 39 heavy (non-hydrogen) atoms. The number of esters is 1. The molecule has 8 nitrogen and oxygen atoms in total. The summed E-state index contributed by atoms with van der Waals surface area (Å²) in [6.07, 6.45) is -3.38. The fourth-order valence-electron chi connectivity index (χ4n) is 3.60. The van der Waals surface area contributed by atoms with Gasteiger partial charge in [-0.05, 0) is 55.1 Å². The van der Waals surface area contributed by atoms with E-state index in [0.717, 1.165) is 6.07 Å². The molecule has 13 heteroatoms. The lowest BCUT2D eigenvalue weighted by Gasteiger charge is -2.13. The van der Waals surface area contributed by atoms with Crippen molar-refractivity contribution < 1.29 is 41.5 Å². The van der Waals surface area contributed by atoms with Crippen LogP contribution in [0.1, 0.15) is 28.6 Å². The number of carbonyl (C=O) groups excluding carboxylic acids is 4. The van der Waals surface area contributed by atoms with Crippen molar-refractivity contribution >= 4 is 58.1 Å². The van der Waals surface area contributed by atoms with Gasteiger partial charge in [0.25, 0.3) is 11.1 Å². The Morgan fingerprint density at radius 3 is 2.59 bits per heavy atom. The number of anilines is 1. The van der Waals surface area contributed by atoms with Crippen molar-refractivity contribution in [3.05, 3.63) is 81.4 Å². The molecule has 0 radical (unpaired) electrons. The summed E-state index contributed by atoms with van der Waals surface area (Å²) in [5, 5.41) is 1.88. The van der Waals surface area contributed by atoms with Crippen LogP contribution in [0.4, 0.5) is 23.7 Å². The van der Waals surface area contributed by atoms with E-state index in [-0.39, 0.29) is 44.9 Å². The van der Waals surface area contributed by atoms with E-state index in [1.54, 1.807) is 6.92 Å². The van der Waals surface area contributed by atoms with Crippen LogP contribution in [0, 0.1) is 0 Å². The van der Waals surface area contributed by atoms with Crippen LogP contribution < -0.4 is 5.32 Å². The van der Waals surface area contributed by atoms with E-state index in [2.05, 4.69) is 5.32 Å². The van der Waals surface area contributed by atoms with Gasteiger partial charge >= 0.3 is 12.1 Å². The summed E-state index contributed by atoms with van der Waals surface area (Å²) in [5.41, 5.74) is -0.839. The number of carbonyl (C=O) groups is 4. The highest BCUT2D eigenvalue weighted by atomic mass is 35.5. The number of nitrogens with one attached hydrogen (secondary N) is 1. The first-order valence-electron chi connectivity index (χ1n) is 11.3. The molecular formula is C26H18ClF3N2O6S. The van der Waals surface area contributed by atoms with Gasteiger partial charge in [-0.3, -0.25) is 19.3 Å². The lowest BCUT2D eigenvalue weighted by Crippen LogP contribution is -2.36. The number of nitrogens with zero attached hydrogens (tertiary/aromatic N) is 1. The predicted octanol–water partition coefficient (Wildman–Crippen LogP) is 6.47. The van der Waals surface area contributed by atoms with Gasteiger partial charge in [-0.2, -0.15) is 13.2 Å². The summed E-state index contributed by atoms with van der Waals surface area (Å²) in [6.45, 7) is 1.13. The van der Waals surface area contributed by atoms with Gasteiger partial charge in [0.2, 0.25) is 5.91 Å². The topological polar surface area (TPSA) is 106 Å². The van der Waals surface area contributed by atoms with Gasteiger partial charge in [0.15, 0.2) is 0 Å². The lowest BCUT2D eigenvalue weighted by molar-refractivity contribution is -0.137. The van der Waals surface area contributed by atoms with E-state index < -0.39 is 41.3 Å². The first-order valence-corrected chi connectivity index (χ1v) is 12.5. The van der Waals surface area contributed by atoms with E-state index in [1.807, 2.05) is 0 Å². The van der Waals surface area contributed by atoms with Crippen molar-refractivity contribution in [3.8, 4) is 11.3 Å². The standard InChI is InChI=1S/C26H18ClF3N2O6S/c1-2-37-24(35)17-11-14(7-9-19(17)27)31-22(33)13-32-23(34)21(39-25(32)36)12-15-8-10-20(38-15)16-5-3-4-6-18(16)26(28,29)30/h3-12H,2,13H2,1H3,(H,31,33)/b21-12+. The molecule has 1 aromatic heterocycles. The fraction of sp³-hybridized carbons (Fsp3) is 0.154. The molecule has 4 rings (SSSR count). The zero-order chi connectivity index (χ0) is 28.3. The molecule has 202 valence electrons. The third-order valence-corrected chi connectivity index (χ3v) is 6.56. The Morgan fingerprint density at radius 2 is 1.87 bits per heavy atom. The molecule has 1 aliphatic rings. The minimum atomic E-state index is -4.60. The Hall–Kier alpha value is -4.03. The van der Waals surface area contributed by atoms with Crippen LogP contribution >= 0.6 is 23.4 Å². The zero-order valence-corrected chi connectivity index (χ0v) is 21.6. The van der Waals surface area contributed by atoms with Crippen LogP contribution in [-0.2, 0) is 20.5 Å². The van der Waals surface area contributed by atoms with Crippen molar-refractivity contribution in [1.82, 2.24) is 4.90 Å². The van der Waals surface area contributed by atoms with E-state index in [4.69, 9.17) is 20.8 Å². The summed E-state index contributed by atoms with van der Waals surface area (Å²) in [4.78, 5) is 50.4. The first kappa shape index (κ1) is 28.0. The highest BCUT2D eigenvalue weighted by Gasteiger charge is 2.37. The van der Waals surface area contributed by atoms with Crippen molar-refractivity contribution in [2.75, 3.05) is 18.5 Å². The Balaban J connectivity index is 1.46. The van der Waals surface area contributed by atoms with E-state index in [9.17, 15) is 32.3 Å². The second kappa shape index (κ2) is 11.4. The minimum absolute atomic E-state index is 0.0288. The smallest absolute Gasteiger partial charge is 0.417 e. The van der Waals surface area contributed by atoms with E-state index in [0.29, 0.717) is 16.7 Å². The average Bonchev–Trinajstić information content (AvgIpc) is 3.45. The van der Waals surface area contributed by atoms with Gasteiger partial charge in [0, 0.05) is 17.3 Å². The number of furan rings is 1. The zero-order valence-electron chi connectivity index (χ0n) is 20.0. The summed E-state index contributed by atoms with van der Waals surface area (Å²) in [7, 11) is 0. The van der Waals surface area contributed by atoms with E-state index in [1.165, 1.54) is 54.6 Å². The number of alkyl halides is 3. The van der Waals surface area contributed by atoms with E-state index >= 15 is 0 Å². The van der Waals surface area contributed by atoms with Crippen molar-refractivity contribution in [2.45, 2.75) is 13.1 Å². The quantitative estimate of drug-likeness (QED) is 0.253. The van der Waals surface area contributed by atoms with Crippen molar-refractivity contribution in [2.24, 2.45) is 0 Å². The maximum absolute atomic E-state index is 13.3. The molecule has 1 fully saturated rings. The number of amides is 3. The molecule has 3 amide bonds.